The summed E-state index contributed by atoms with van der Waals surface area (Å²) in [4.78, 5) is 5.07. The van der Waals surface area contributed by atoms with Crippen LogP contribution in [0.4, 0.5) is 28.4 Å². The third kappa shape index (κ3) is 7.05. The molecule has 0 saturated carbocycles. The second kappa shape index (κ2) is 17.9. The maximum absolute atomic E-state index is 2.59. The topological polar surface area (TPSA) is 6.48 Å². The minimum absolute atomic E-state index is 0.0298. The zero-order valence-corrected chi connectivity index (χ0v) is 51.5. The normalized spacial score (nSPS) is 20.6. The first kappa shape index (κ1) is 52.1. The van der Waals surface area contributed by atoms with Crippen LogP contribution in [0.15, 0.2) is 266 Å². The van der Waals surface area contributed by atoms with Gasteiger partial charge in [0.15, 0.2) is 0 Å². The van der Waals surface area contributed by atoms with Crippen molar-refractivity contribution in [3.05, 3.63) is 338 Å². The lowest BCUT2D eigenvalue weighted by Crippen LogP contribution is -2.37. The highest BCUT2D eigenvalue weighted by Crippen LogP contribution is 2.66. The Labute approximate surface area is 513 Å². The van der Waals surface area contributed by atoms with Gasteiger partial charge < -0.3 is 9.80 Å². The molecule has 0 amide bonds. The van der Waals surface area contributed by atoms with E-state index in [4.69, 9.17) is 0 Å². The summed E-state index contributed by atoms with van der Waals surface area (Å²) >= 11 is 0. The quantitative estimate of drug-likeness (QED) is 0.173. The van der Waals surface area contributed by atoms with E-state index in [2.05, 4.69) is 321 Å². The first-order chi connectivity index (χ1) is 42.0. The van der Waals surface area contributed by atoms with Gasteiger partial charge in [0.1, 0.15) is 0 Å². The van der Waals surface area contributed by atoms with Crippen molar-refractivity contribution in [3.63, 3.8) is 0 Å². The number of allylic oxidation sites excluding steroid dienone is 3. The van der Waals surface area contributed by atoms with Crippen molar-refractivity contribution in [1.29, 1.82) is 0 Å². The van der Waals surface area contributed by atoms with E-state index in [0.29, 0.717) is 0 Å². The summed E-state index contributed by atoms with van der Waals surface area (Å²) in [6, 6.07) is 95.9. The van der Waals surface area contributed by atoms with Gasteiger partial charge in [0, 0.05) is 45.0 Å². The molecule has 0 aromatic heterocycles. The molecule has 4 heterocycles. The van der Waals surface area contributed by atoms with Gasteiger partial charge in [-0.1, -0.05) is 243 Å². The summed E-state index contributed by atoms with van der Waals surface area (Å²) in [5, 5.41) is 2.64. The third-order valence-corrected chi connectivity index (χ3v) is 21.6. The second-order valence-electron chi connectivity index (χ2n) is 28.5. The van der Waals surface area contributed by atoms with Crippen LogP contribution in [0.5, 0.6) is 0 Å². The predicted molar refractivity (Wildman–Crippen MR) is 363 cm³/mol. The fraction of sp³-hybridized carbons (Fsp3) is 0.200. The number of anilines is 5. The van der Waals surface area contributed by atoms with Gasteiger partial charge in [0.05, 0.1) is 10.8 Å². The van der Waals surface area contributed by atoms with Crippen molar-refractivity contribution in [3.8, 4) is 22.3 Å². The summed E-state index contributed by atoms with van der Waals surface area (Å²) in [6.45, 7) is 21.3. The fourth-order valence-corrected chi connectivity index (χ4v) is 16.9. The predicted octanol–water partition coefficient (Wildman–Crippen LogP) is 21.7. The van der Waals surface area contributed by atoms with E-state index >= 15 is 0 Å². The average Bonchev–Trinajstić information content (AvgIpc) is 1.16. The Morgan fingerprint density at radius 1 is 0.333 bits per heavy atom. The Kier molecular flexibility index (Phi) is 10.7. The Morgan fingerprint density at radius 3 is 1.24 bits per heavy atom. The average molecular weight is 1120 g/mol. The lowest BCUT2D eigenvalue weighted by molar-refractivity contribution is 0.589. The first-order valence-electron chi connectivity index (χ1n) is 31.6. The molecule has 422 valence electrons. The number of hydrogen-bond donors (Lipinski definition) is 0. The summed E-state index contributed by atoms with van der Waals surface area (Å²) in [5.74, 6) is 0. The van der Waals surface area contributed by atoms with Crippen LogP contribution in [-0.2, 0) is 32.5 Å². The number of hydrogen-bond acceptors (Lipinski definition) is 2. The van der Waals surface area contributed by atoms with Crippen LogP contribution in [-0.4, -0.2) is 0 Å². The van der Waals surface area contributed by atoms with E-state index < -0.39 is 10.8 Å². The van der Waals surface area contributed by atoms with Gasteiger partial charge in [0.2, 0.25) is 0 Å². The van der Waals surface area contributed by atoms with Crippen LogP contribution >= 0.6 is 0 Å². The van der Waals surface area contributed by atoms with Crippen LogP contribution in [0.25, 0.3) is 33.0 Å². The van der Waals surface area contributed by atoms with Crippen molar-refractivity contribution in [1.82, 2.24) is 0 Å². The van der Waals surface area contributed by atoms with E-state index in [1.807, 2.05) is 0 Å². The molecule has 11 aromatic carbocycles. The largest absolute Gasteiger partial charge is 0.310 e. The maximum atomic E-state index is 2.59. The van der Waals surface area contributed by atoms with Gasteiger partial charge in [-0.2, -0.15) is 0 Å². The molecule has 8 aliphatic rings. The molecule has 0 saturated heterocycles. The summed E-state index contributed by atoms with van der Waals surface area (Å²) in [7, 11) is 0. The Bertz CT molecular complexity index is 4760. The van der Waals surface area contributed by atoms with Crippen LogP contribution in [0.1, 0.15) is 147 Å². The molecule has 19 rings (SSSR count). The first-order valence-corrected chi connectivity index (χ1v) is 31.6. The van der Waals surface area contributed by atoms with E-state index in [0.717, 1.165) is 29.9 Å². The van der Waals surface area contributed by atoms with E-state index in [-0.39, 0.29) is 21.7 Å². The van der Waals surface area contributed by atoms with Crippen molar-refractivity contribution in [2.75, 3.05) is 9.80 Å². The van der Waals surface area contributed by atoms with Crippen molar-refractivity contribution < 1.29 is 0 Å². The Balaban J connectivity index is 1.03. The molecule has 3 unspecified atom stereocenters. The molecule has 11 aromatic rings. The fourth-order valence-electron chi connectivity index (χ4n) is 16.9. The van der Waals surface area contributed by atoms with Crippen LogP contribution in [0.3, 0.4) is 0 Å². The van der Waals surface area contributed by atoms with E-state index in [1.165, 1.54) is 128 Å². The maximum Gasteiger partial charge on any atom is 0.0714 e. The molecule has 3 atom stereocenters. The Morgan fingerprint density at radius 2 is 0.747 bits per heavy atom. The van der Waals surface area contributed by atoms with Gasteiger partial charge >= 0.3 is 0 Å². The minimum atomic E-state index is -0.767. The Hall–Kier alpha value is -9.24. The van der Waals surface area contributed by atoms with Crippen molar-refractivity contribution in [2.24, 2.45) is 0 Å². The molecule has 10 bridgehead atoms. The van der Waals surface area contributed by atoms with Gasteiger partial charge in [-0.15, -0.1) is 0 Å². The van der Waals surface area contributed by atoms with Crippen molar-refractivity contribution in [2.45, 2.75) is 108 Å². The molecule has 4 aliphatic carbocycles. The zero-order valence-electron chi connectivity index (χ0n) is 51.5. The number of fused-ring (bicyclic) bond motifs is 6. The monoisotopic (exact) mass is 1120 g/mol. The van der Waals surface area contributed by atoms with Crippen LogP contribution in [0.2, 0.25) is 0 Å². The van der Waals surface area contributed by atoms with E-state index in [9.17, 15) is 0 Å². The molecule has 87 heavy (non-hydrogen) atoms. The standard InChI is InChI=1S/C85H72N2/c1-80(2,3)53-26-34-57(35-27-53)84-59-38-30-55(31-39-59)82(7,8)61-18-16-23-64(50-61)86(62-19-12-10-13-20-62)65-42-44-67(74(84)51-65)69-46-47-70-68-45-43-66-52-75(68)85(72-49-48-71(84)77(69)78(70)72,58-36-28-54(29-37-58)81(4,5)6)60-40-32-56(33-41-60)83(9)73-24-17-25-76(79(73)83)87(66)63-21-14-11-15-22-63/h10-16,18-23,25-52H,17,24H2,1-9H3. The summed E-state index contributed by atoms with van der Waals surface area (Å²) in [6.07, 6.45) is 4.63. The molecule has 4 aliphatic heterocycles. The molecule has 0 radical (unpaired) electrons. The van der Waals surface area contributed by atoms with Gasteiger partial charge in [-0.05, 0) is 208 Å². The minimum Gasteiger partial charge on any atom is -0.310 e. The number of para-hydroxylation sites is 2. The van der Waals surface area contributed by atoms with Crippen molar-refractivity contribution >= 4 is 39.2 Å². The molecule has 2 heteroatoms. The summed E-state index contributed by atoms with van der Waals surface area (Å²) < 4.78 is 0. The van der Waals surface area contributed by atoms with E-state index in [1.54, 1.807) is 5.57 Å². The molecule has 0 spiro atoms. The molecule has 2 nitrogen and oxygen atoms in total. The summed E-state index contributed by atoms with van der Waals surface area (Å²) in [5.41, 5.74) is 30.0. The van der Waals surface area contributed by atoms with Crippen LogP contribution < -0.4 is 9.80 Å². The highest BCUT2D eigenvalue weighted by Gasteiger charge is 2.55. The number of benzene rings is 11. The lowest BCUT2D eigenvalue weighted by Gasteiger charge is -2.47. The number of rotatable bonds is 4. The second-order valence-corrected chi connectivity index (χ2v) is 28.5. The lowest BCUT2D eigenvalue weighted by atomic mass is 9.55. The molecular weight excluding hydrogens is 1050 g/mol. The molecule has 0 fully saturated rings. The smallest absolute Gasteiger partial charge is 0.0714 e. The zero-order chi connectivity index (χ0) is 59.1. The van der Waals surface area contributed by atoms with Gasteiger partial charge in [-0.25, -0.2) is 0 Å². The highest BCUT2D eigenvalue weighted by molar-refractivity contribution is 6.15. The SMILES string of the molecule is CC(C)(C)c1ccc(C23c4ccc(cc4)C4(C)C5=C4C(=CCC5)N(c4ccccc4)c4ccc(c2c4)-c2ccc4c5c(ccc3c25)C2(c3ccc(C(C)(C)C)cc3)c3ccc(cc3)C(C)(C)c3cccc(c3)N(c3ccccc3)c3ccc-4c2c3)cc1. The van der Waals surface area contributed by atoms with Gasteiger partial charge in [-0.3, -0.25) is 0 Å². The highest BCUT2D eigenvalue weighted by atomic mass is 15.2. The van der Waals surface area contributed by atoms with Gasteiger partial charge in [0.25, 0.3) is 0 Å². The molecular formula is C85H72N2. The third-order valence-electron chi connectivity index (χ3n) is 21.6. The number of nitrogens with zero attached hydrogens (tertiary/aromatic N) is 2. The molecule has 0 N–H and O–H groups in total. The van der Waals surface area contributed by atoms with Crippen LogP contribution in [0, 0.1) is 0 Å².